The zero-order valence-electron chi connectivity index (χ0n) is 9.62. The molecule has 3 N–H and O–H groups in total. The normalized spacial score (nSPS) is 11.7. The van der Waals surface area contributed by atoms with Crippen molar-refractivity contribution in [2.45, 2.75) is 39.2 Å². The average molecular weight is 255 g/mol. The Hall–Kier alpha value is 0.0700. The molecule has 0 heterocycles. The number of thioether (sulfide) groups is 1. The van der Waals surface area contributed by atoms with E-state index in [2.05, 4.69) is 19.2 Å². The maximum atomic E-state index is 11.3. The van der Waals surface area contributed by atoms with E-state index in [4.69, 9.17) is 5.73 Å². The molecular weight excluding hydrogens is 232 g/mol. The predicted octanol–water partition coefficient (Wildman–Crippen LogP) is 1.79. The van der Waals surface area contributed by atoms with Gasteiger partial charge in [0.25, 0.3) is 0 Å². The monoisotopic (exact) mass is 254 g/mol. The van der Waals surface area contributed by atoms with E-state index in [-0.39, 0.29) is 18.3 Å². The molecule has 0 aliphatic heterocycles. The molecule has 0 spiro atoms. The predicted molar refractivity (Wildman–Crippen MR) is 70.8 cm³/mol. The second-order valence-corrected chi connectivity index (χ2v) is 4.74. The van der Waals surface area contributed by atoms with E-state index in [1.54, 1.807) is 0 Å². The number of nitrogens with two attached hydrogens (primary N) is 1. The minimum atomic E-state index is 0. The highest BCUT2D eigenvalue weighted by atomic mass is 35.5. The van der Waals surface area contributed by atoms with Crippen LogP contribution in [0.25, 0.3) is 0 Å². The van der Waals surface area contributed by atoms with Crippen LogP contribution in [0, 0.1) is 0 Å². The van der Waals surface area contributed by atoms with Crippen molar-refractivity contribution >= 4 is 30.1 Å². The summed E-state index contributed by atoms with van der Waals surface area (Å²) in [6.45, 7) is 4.79. The standard InChI is InChI=1S/C10H22N2OS.ClH/c1-3-14-8-6-9(2)12-10(13)5-4-7-11;/h9H,3-8,11H2,1-2H3,(H,12,13);1H. The second-order valence-electron chi connectivity index (χ2n) is 3.35. The molecule has 0 bridgehead atoms. The molecule has 0 aromatic heterocycles. The van der Waals surface area contributed by atoms with Crippen LogP contribution in [-0.4, -0.2) is 30.0 Å². The van der Waals surface area contributed by atoms with Crippen molar-refractivity contribution in [1.29, 1.82) is 0 Å². The maximum absolute atomic E-state index is 11.3. The first-order valence-corrected chi connectivity index (χ1v) is 6.43. The molecular formula is C10H23ClN2OS. The second kappa shape index (κ2) is 12.1. The highest BCUT2D eigenvalue weighted by Gasteiger charge is 2.05. The molecule has 92 valence electrons. The van der Waals surface area contributed by atoms with Crippen molar-refractivity contribution in [3.63, 3.8) is 0 Å². The zero-order valence-corrected chi connectivity index (χ0v) is 11.3. The van der Waals surface area contributed by atoms with Gasteiger partial charge in [0.05, 0.1) is 0 Å². The van der Waals surface area contributed by atoms with Gasteiger partial charge in [-0.1, -0.05) is 6.92 Å². The third-order valence-corrected chi connectivity index (χ3v) is 2.85. The van der Waals surface area contributed by atoms with Crippen LogP contribution in [-0.2, 0) is 4.79 Å². The summed E-state index contributed by atoms with van der Waals surface area (Å²) in [5, 5.41) is 2.97. The van der Waals surface area contributed by atoms with Crippen LogP contribution in [0.4, 0.5) is 0 Å². The number of halogens is 1. The number of amides is 1. The van der Waals surface area contributed by atoms with Crippen LogP contribution < -0.4 is 11.1 Å². The summed E-state index contributed by atoms with van der Waals surface area (Å²) in [4.78, 5) is 11.3. The van der Waals surface area contributed by atoms with Gasteiger partial charge in [0.2, 0.25) is 5.91 Å². The van der Waals surface area contributed by atoms with Crippen LogP contribution in [0.3, 0.4) is 0 Å². The van der Waals surface area contributed by atoms with Gasteiger partial charge in [-0.05, 0) is 37.8 Å². The van der Waals surface area contributed by atoms with Crippen molar-refractivity contribution in [3.05, 3.63) is 0 Å². The first kappa shape index (κ1) is 17.5. The summed E-state index contributed by atoms with van der Waals surface area (Å²) in [7, 11) is 0. The number of carbonyl (C=O) groups is 1. The smallest absolute Gasteiger partial charge is 0.220 e. The molecule has 0 aliphatic rings. The Balaban J connectivity index is 0. The molecule has 0 aromatic rings. The minimum absolute atomic E-state index is 0. The van der Waals surface area contributed by atoms with Crippen LogP contribution >= 0.6 is 24.2 Å². The summed E-state index contributed by atoms with van der Waals surface area (Å²) < 4.78 is 0. The Morgan fingerprint density at radius 3 is 2.73 bits per heavy atom. The number of hydrogen-bond donors (Lipinski definition) is 2. The fraction of sp³-hybridized carbons (Fsp3) is 0.900. The van der Waals surface area contributed by atoms with Gasteiger partial charge in [0.15, 0.2) is 0 Å². The van der Waals surface area contributed by atoms with Gasteiger partial charge >= 0.3 is 0 Å². The summed E-state index contributed by atoms with van der Waals surface area (Å²) in [5.41, 5.74) is 5.32. The van der Waals surface area contributed by atoms with Gasteiger partial charge in [0.1, 0.15) is 0 Å². The van der Waals surface area contributed by atoms with E-state index in [1.165, 1.54) is 0 Å². The third kappa shape index (κ3) is 12.0. The van der Waals surface area contributed by atoms with Crippen LogP contribution in [0.1, 0.15) is 33.1 Å². The molecule has 0 saturated heterocycles. The Morgan fingerprint density at radius 1 is 1.53 bits per heavy atom. The molecule has 0 aromatic carbocycles. The van der Waals surface area contributed by atoms with Crippen LogP contribution in [0.5, 0.6) is 0 Å². The summed E-state index contributed by atoms with van der Waals surface area (Å²) in [6.07, 6.45) is 2.39. The first-order valence-electron chi connectivity index (χ1n) is 5.27. The molecule has 15 heavy (non-hydrogen) atoms. The number of hydrogen-bond acceptors (Lipinski definition) is 3. The number of carbonyl (C=O) groups excluding carboxylic acids is 1. The lowest BCUT2D eigenvalue weighted by atomic mass is 10.2. The minimum Gasteiger partial charge on any atom is -0.354 e. The molecule has 3 nitrogen and oxygen atoms in total. The molecule has 5 heteroatoms. The fourth-order valence-electron chi connectivity index (χ4n) is 1.09. The van der Waals surface area contributed by atoms with Gasteiger partial charge in [-0.3, -0.25) is 4.79 Å². The molecule has 0 saturated carbocycles. The van der Waals surface area contributed by atoms with Gasteiger partial charge in [-0.15, -0.1) is 12.4 Å². The van der Waals surface area contributed by atoms with E-state index in [1.807, 2.05) is 11.8 Å². The largest absolute Gasteiger partial charge is 0.354 e. The van der Waals surface area contributed by atoms with E-state index >= 15 is 0 Å². The molecule has 0 rings (SSSR count). The Kier molecular flexibility index (Phi) is 14.1. The summed E-state index contributed by atoms with van der Waals surface area (Å²) in [6, 6.07) is 0.291. The lowest BCUT2D eigenvalue weighted by Gasteiger charge is -2.13. The maximum Gasteiger partial charge on any atom is 0.220 e. The van der Waals surface area contributed by atoms with Gasteiger partial charge in [-0.25, -0.2) is 0 Å². The van der Waals surface area contributed by atoms with Crippen molar-refractivity contribution in [3.8, 4) is 0 Å². The van der Waals surface area contributed by atoms with Gasteiger partial charge < -0.3 is 11.1 Å². The van der Waals surface area contributed by atoms with E-state index in [0.29, 0.717) is 19.0 Å². The van der Waals surface area contributed by atoms with Crippen molar-refractivity contribution in [1.82, 2.24) is 5.32 Å². The van der Waals surface area contributed by atoms with Crippen molar-refractivity contribution < 1.29 is 4.79 Å². The topological polar surface area (TPSA) is 55.1 Å². The zero-order chi connectivity index (χ0) is 10.8. The quantitative estimate of drug-likeness (QED) is 0.650. The van der Waals surface area contributed by atoms with Crippen LogP contribution in [0.15, 0.2) is 0 Å². The van der Waals surface area contributed by atoms with Crippen molar-refractivity contribution in [2.75, 3.05) is 18.1 Å². The molecule has 0 radical (unpaired) electrons. The molecule has 1 amide bonds. The van der Waals surface area contributed by atoms with Crippen molar-refractivity contribution in [2.24, 2.45) is 5.73 Å². The molecule has 0 aliphatic carbocycles. The molecule has 1 atom stereocenters. The lowest BCUT2D eigenvalue weighted by Crippen LogP contribution is -2.33. The van der Waals surface area contributed by atoms with E-state index in [0.717, 1.165) is 24.3 Å². The highest BCUT2D eigenvalue weighted by molar-refractivity contribution is 7.99. The Bertz CT molecular complexity index is 158. The average Bonchev–Trinajstić information content (AvgIpc) is 2.15. The van der Waals surface area contributed by atoms with E-state index in [9.17, 15) is 4.79 Å². The number of rotatable bonds is 8. The third-order valence-electron chi connectivity index (χ3n) is 1.91. The van der Waals surface area contributed by atoms with E-state index < -0.39 is 0 Å². The SMILES string of the molecule is CCSCCC(C)NC(=O)CCCN.Cl. The Labute approximate surface area is 103 Å². The molecule has 1 unspecified atom stereocenters. The Morgan fingerprint density at radius 2 is 2.20 bits per heavy atom. The number of nitrogens with one attached hydrogen (secondary N) is 1. The van der Waals surface area contributed by atoms with Gasteiger partial charge in [-0.2, -0.15) is 11.8 Å². The summed E-state index contributed by atoms with van der Waals surface area (Å²) >= 11 is 1.91. The molecule has 0 fully saturated rings. The first-order chi connectivity index (χ1) is 6.70. The lowest BCUT2D eigenvalue weighted by molar-refractivity contribution is -0.121. The van der Waals surface area contributed by atoms with Crippen LogP contribution in [0.2, 0.25) is 0 Å². The van der Waals surface area contributed by atoms with Gasteiger partial charge in [0, 0.05) is 12.5 Å². The fourth-order valence-corrected chi connectivity index (χ4v) is 1.90. The highest BCUT2D eigenvalue weighted by Crippen LogP contribution is 2.03. The summed E-state index contributed by atoms with van der Waals surface area (Å²) in [5.74, 6) is 2.40.